The van der Waals surface area contributed by atoms with Gasteiger partial charge in [0.1, 0.15) is 11.3 Å². The van der Waals surface area contributed by atoms with Gasteiger partial charge in [0.15, 0.2) is 11.7 Å². The average molecular weight is 455 g/mol. The first kappa shape index (κ1) is 21.2. The molecule has 1 aromatic heterocycles. The number of carbonyl (C=O) groups excluding carboxylic acids is 1. The predicted molar refractivity (Wildman–Crippen MR) is 124 cm³/mol. The second-order valence-corrected chi connectivity index (χ2v) is 8.25. The van der Waals surface area contributed by atoms with Gasteiger partial charge in [-0.25, -0.2) is 4.98 Å². The number of ether oxygens (including phenoxy) is 1. The Labute approximate surface area is 189 Å². The maximum absolute atomic E-state index is 12.6. The number of aryl methyl sites for hydroxylation is 2. The molecular formula is C24H20Cl2N2O3. The van der Waals surface area contributed by atoms with E-state index in [2.05, 4.69) is 16.4 Å². The highest BCUT2D eigenvalue weighted by molar-refractivity contribution is 6.35. The molecule has 0 spiro atoms. The van der Waals surface area contributed by atoms with Gasteiger partial charge in [0.2, 0.25) is 5.89 Å². The molecule has 0 aliphatic rings. The van der Waals surface area contributed by atoms with E-state index in [4.69, 9.17) is 32.4 Å². The van der Waals surface area contributed by atoms with E-state index < -0.39 is 6.10 Å². The number of nitrogens with one attached hydrogen (secondary N) is 1. The van der Waals surface area contributed by atoms with Crippen molar-refractivity contribution < 1.29 is 13.9 Å². The number of hydrogen-bond acceptors (Lipinski definition) is 4. The van der Waals surface area contributed by atoms with Crippen molar-refractivity contribution in [1.29, 1.82) is 0 Å². The van der Waals surface area contributed by atoms with Crippen molar-refractivity contribution in [1.82, 2.24) is 4.98 Å². The molecule has 1 amide bonds. The smallest absolute Gasteiger partial charge is 0.265 e. The van der Waals surface area contributed by atoms with Gasteiger partial charge in [-0.05, 0) is 69.3 Å². The molecule has 7 heteroatoms. The number of rotatable bonds is 5. The highest BCUT2D eigenvalue weighted by Gasteiger charge is 2.17. The van der Waals surface area contributed by atoms with Crippen LogP contribution < -0.4 is 10.1 Å². The number of nitrogens with zero attached hydrogens (tertiary/aromatic N) is 1. The predicted octanol–water partition coefficient (Wildman–Crippen LogP) is 6.82. The molecule has 5 nitrogen and oxygen atoms in total. The molecular weight excluding hydrogens is 435 g/mol. The zero-order valence-electron chi connectivity index (χ0n) is 17.2. The van der Waals surface area contributed by atoms with Crippen molar-refractivity contribution in [2.24, 2.45) is 0 Å². The Kier molecular flexibility index (Phi) is 5.90. The van der Waals surface area contributed by atoms with E-state index in [1.807, 2.05) is 26.0 Å². The number of amides is 1. The van der Waals surface area contributed by atoms with Crippen molar-refractivity contribution in [3.05, 3.63) is 75.8 Å². The summed E-state index contributed by atoms with van der Waals surface area (Å²) in [6, 6.07) is 16.3. The Morgan fingerprint density at radius 2 is 1.77 bits per heavy atom. The van der Waals surface area contributed by atoms with Crippen molar-refractivity contribution >= 4 is 45.9 Å². The molecule has 0 saturated carbocycles. The fourth-order valence-corrected chi connectivity index (χ4v) is 3.74. The molecule has 0 aliphatic carbocycles. The number of halogens is 2. The number of anilines is 1. The van der Waals surface area contributed by atoms with E-state index in [9.17, 15) is 4.79 Å². The minimum atomic E-state index is -0.766. The number of benzene rings is 3. The summed E-state index contributed by atoms with van der Waals surface area (Å²) in [6.07, 6.45) is -0.766. The number of carbonyl (C=O) groups is 1. The van der Waals surface area contributed by atoms with E-state index in [1.54, 1.807) is 43.3 Å². The van der Waals surface area contributed by atoms with E-state index in [0.29, 0.717) is 38.5 Å². The van der Waals surface area contributed by atoms with Crippen LogP contribution in [0.5, 0.6) is 5.75 Å². The molecule has 1 atom stereocenters. The van der Waals surface area contributed by atoms with Crippen LogP contribution in [0.2, 0.25) is 10.0 Å². The molecule has 1 unspecified atom stereocenters. The van der Waals surface area contributed by atoms with Gasteiger partial charge in [-0.3, -0.25) is 4.79 Å². The van der Waals surface area contributed by atoms with Crippen molar-refractivity contribution in [2.75, 3.05) is 5.32 Å². The first-order valence-electron chi connectivity index (χ1n) is 9.70. The van der Waals surface area contributed by atoms with E-state index in [1.165, 1.54) is 0 Å². The lowest BCUT2D eigenvalue weighted by atomic mass is 10.1. The van der Waals surface area contributed by atoms with Gasteiger partial charge in [0, 0.05) is 16.3 Å². The second-order valence-electron chi connectivity index (χ2n) is 7.40. The van der Waals surface area contributed by atoms with Gasteiger partial charge >= 0.3 is 0 Å². The van der Waals surface area contributed by atoms with Crippen LogP contribution in [0.15, 0.2) is 59.0 Å². The van der Waals surface area contributed by atoms with Crippen molar-refractivity contribution in [3.8, 4) is 17.2 Å². The maximum Gasteiger partial charge on any atom is 0.265 e. The van der Waals surface area contributed by atoms with E-state index >= 15 is 0 Å². The Hall–Kier alpha value is -3.02. The van der Waals surface area contributed by atoms with Crippen LogP contribution in [-0.4, -0.2) is 17.0 Å². The van der Waals surface area contributed by atoms with Crippen molar-refractivity contribution in [2.45, 2.75) is 26.9 Å². The fraction of sp³-hybridized carbons (Fsp3) is 0.167. The monoisotopic (exact) mass is 454 g/mol. The summed E-state index contributed by atoms with van der Waals surface area (Å²) in [5, 5.41) is 3.68. The van der Waals surface area contributed by atoms with Gasteiger partial charge in [-0.1, -0.05) is 40.4 Å². The van der Waals surface area contributed by atoms with Crippen LogP contribution in [0.3, 0.4) is 0 Å². The highest BCUT2D eigenvalue weighted by Crippen LogP contribution is 2.29. The van der Waals surface area contributed by atoms with Gasteiger partial charge < -0.3 is 14.5 Å². The minimum absolute atomic E-state index is 0.316. The van der Waals surface area contributed by atoms with Crippen LogP contribution in [-0.2, 0) is 4.79 Å². The first-order chi connectivity index (χ1) is 14.8. The highest BCUT2D eigenvalue weighted by atomic mass is 35.5. The van der Waals surface area contributed by atoms with Gasteiger partial charge in [0.25, 0.3) is 5.91 Å². The first-order valence-corrected chi connectivity index (χ1v) is 10.5. The minimum Gasteiger partial charge on any atom is -0.479 e. The second kappa shape index (κ2) is 8.61. The topological polar surface area (TPSA) is 64.4 Å². The van der Waals surface area contributed by atoms with Crippen molar-refractivity contribution in [3.63, 3.8) is 0 Å². The Morgan fingerprint density at radius 1 is 1.03 bits per heavy atom. The summed E-state index contributed by atoms with van der Waals surface area (Å²) in [7, 11) is 0. The van der Waals surface area contributed by atoms with Crippen LogP contribution in [0.1, 0.15) is 18.1 Å². The summed E-state index contributed by atoms with van der Waals surface area (Å²) in [5.74, 6) is 0.613. The normalized spacial score (nSPS) is 12.0. The summed E-state index contributed by atoms with van der Waals surface area (Å²) in [4.78, 5) is 17.2. The lowest BCUT2D eigenvalue weighted by Crippen LogP contribution is -2.30. The third-order valence-electron chi connectivity index (χ3n) is 4.69. The quantitative estimate of drug-likeness (QED) is 0.359. The molecule has 0 bridgehead atoms. The van der Waals surface area contributed by atoms with Crippen LogP contribution in [0, 0.1) is 13.8 Å². The molecule has 1 N–H and O–H groups in total. The standard InChI is InChI=1S/C24H20Cl2N2O3/c1-13-8-14(2)10-16(9-13)24-28-20-12-18(5-7-22(20)31-24)27-23(29)15(3)30-21-6-4-17(25)11-19(21)26/h4-12,15H,1-3H3,(H,27,29). The van der Waals surface area contributed by atoms with Gasteiger partial charge in [-0.15, -0.1) is 0 Å². The average Bonchev–Trinajstić information content (AvgIpc) is 3.13. The third kappa shape index (κ3) is 4.84. The summed E-state index contributed by atoms with van der Waals surface area (Å²) in [6.45, 7) is 5.72. The largest absolute Gasteiger partial charge is 0.479 e. The summed E-state index contributed by atoms with van der Waals surface area (Å²) >= 11 is 12.0. The van der Waals surface area contributed by atoms with Gasteiger partial charge in [0.05, 0.1) is 5.02 Å². The van der Waals surface area contributed by atoms with Crippen LogP contribution in [0.25, 0.3) is 22.6 Å². The zero-order valence-corrected chi connectivity index (χ0v) is 18.7. The molecule has 31 heavy (non-hydrogen) atoms. The lowest BCUT2D eigenvalue weighted by Gasteiger charge is -2.15. The number of aromatic nitrogens is 1. The molecule has 1 heterocycles. The molecule has 158 valence electrons. The van der Waals surface area contributed by atoms with Crippen LogP contribution >= 0.6 is 23.2 Å². The zero-order chi connectivity index (χ0) is 22.1. The SMILES string of the molecule is Cc1cc(C)cc(-c2nc3cc(NC(=O)C(C)Oc4ccc(Cl)cc4Cl)ccc3o2)c1. The molecule has 0 saturated heterocycles. The maximum atomic E-state index is 12.6. The molecule has 0 aliphatic heterocycles. The lowest BCUT2D eigenvalue weighted by molar-refractivity contribution is -0.122. The number of oxazole rings is 1. The van der Waals surface area contributed by atoms with Gasteiger partial charge in [-0.2, -0.15) is 0 Å². The number of fused-ring (bicyclic) bond motifs is 1. The molecule has 0 radical (unpaired) electrons. The Morgan fingerprint density at radius 3 is 2.48 bits per heavy atom. The van der Waals surface area contributed by atoms with E-state index in [0.717, 1.165) is 16.7 Å². The Balaban J connectivity index is 1.51. The third-order valence-corrected chi connectivity index (χ3v) is 5.22. The Bertz CT molecular complexity index is 1260. The molecule has 4 aromatic rings. The molecule has 3 aromatic carbocycles. The number of hydrogen-bond donors (Lipinski definition) is 1. The molecule has 4 rings (SSSR count). The molecule has 0 fully saturated rings. The van der Waals surface area contributed by atoms with E-state index in [-0.39, 0.29) is 5.91 Å². The summed E-state index contributed by atoms with van der Waals surface area (Å²) in [5.41, 5.74) is 5.09. The summed E-state index contributed by atoms with van der Waals surface area (Å²) < 4.78 is 11.6. The van der Waals surface area contributed by atoms with Crippen LogP contribution in [0.4, 0.5) is 5.69 Å². The fourth-order valence-electron chi connectivity index (χ4n) is 3.29.